The molecule has 0 aliphatic heterocycles. The van der Waals surface area contributed by atoms with Crippen molar-refractivity contribution < 1.29 is 14.0 Å². The maximum Gasteiger partial charge on any atom is 0.251 e. The Morgan fingerprint density at radius 2 is 1.83 bits per heavy atom. The maximum absolute atomic E-state index is 11.8. The molecule has 2 aromatic rings. The fourth-order valence-corrected chi connectivity index (χ4v) is 2.56. The van der Waals surface area contributed by atoms with Crippen molar-refractivity contribution in [3.63, 3.8) is 0 Å². The van der Waals surface area contributed by atoms with Crippen LogP contribution in [0.3, 0.4) is 0 Å². The first-order chi connectivity index (χ1) is 14.0. The number of carbonyl (C=O) groups is 2. The molecule has 0 bridgehead atoms. The van der Waals surface area contributed by atoms with Gasteiger partial charge in [-0.3, -0.25) is 9.59 Å². The van der Waals surface area contributed by atoms with E-state index in [1.54, 1.807) is 33.5 Å². The van der Waals surface area contributed by atoms with E-state index in [-0.39, 0.29) is 18.4 Å². The summed E-state index contributed by atoms with van der Waals surface area (Å²) in [6.45, 7) is 1.30. The predicted molar refractivity (Wildman–Crippen MR) is 113 cm³/mol. The van der Waals surface area contributed by atoms with E-state index in [9.17, 15) is 9.59 Å². The Hall–Kier alpha value is -3.29. The number of benzene rings is 1. The molecule has 3 N–H and O–H groups in total. The van der Waals surface area contributed by atoms with Crippen molar-refractivity contribution in [2.45, 2.75) is 12.8 Å². The zero-order valence-electron chi connectivity index (χ0n) is 17.2. The minimum atomic E-state index is -0.108. The third-order valence-corrected chi connectivity index (χ3v) is 4.24. The minimum Gasteiger partial charge on any atom is -0.469 e. The first-order valence-corrected chi connectivity index (χ1v) is 9.55. The van der Waals surface area contributed by atoms with E-state index in [0.717, 1.165) is 11.3 Å². The molecule has 0 fully saturated rings. The summed E-state index contributed by atoms with van der Waals surface area (Å²) in [6, 6.07) is 11.3. The molecule has 2 rings (SSSR count). The van der Waals surface area contributed by atoms with Crippen molar-refractivity contribution in [1.29, 1.82) is 0 Å². The van der Waals surface area contributed by atoms with Gasteiger partial charge in [0.1, 0.15) is 12.3 Å². The minimum absolute atomic E-state index is 0.0647. The summed E-state index contributed by atoms with van der Waals surface area (Å²) in [7, 11) is 5.02. The molecule has 1 aromatic heterocycles. The van der Waals surface area contributed by atoms with Crippen molar-refractivity contribution in [1.82, 2.24) is 20.9 Å². The number of hydrogen-bond donors (Lipinski definition) is 3. The van der Waals surface area contributed by atoms with Crippen LogP contribution in [-0.4, -0.2) is 63.5 Å². The van der Waals surface area contributed by atoms with Crippen molar-refractivity contribution in [2.24, 2.45) is 4.99 Å². The second-order valence-electron chi connectivity index (χ2n) is 6.67. The van der Waals surface area contributed by atoms with Crippen LogP contribution in [0, 0.1) is 0 Å². The van der Waals surface area contributed by atoms with E-state index in [0.29, 0.717) is 37.5 Å². The number of carbonyl (C=O) groups excluding carboxylic acids is 2. The molecule has 1 aromatic carbocycles. The zero-order valence-corrected chi connectivity index (χ0v) is 17.2. The van der Waals surface area contributed by atoms with E-state index in [1.807, 2.05) is 30.3 Å². The number of amides is 2. The first-order valence-electron chi connectivity index (χ1n) is 9.55. The molecule has 0 atom stereocenters. The van der Waals surface area contributed by atoms with Gasteiger partial charge in [0.15, 0.2) is 5.96 Å². The number of aliphatic imine (C=N–C) groups is 1. The van der Waals surface area contributed by atoms with E-state index >= 15 is 0 Å². The fraction of sp³-hybridized carbons (Fsp3) is 0.381. The molecule has 29 heavy (non-hydrogen) atoms. The summed E-state index contributed by atoms with van der Waals surface area (Å²) >= 11 is 0. The van der Waals surface area contributed by atoms with Crippen molar-refractivity contribution in [3.8, 4) is 0 Å². The molecular formula is C21H29N5O3. The van der Waals surface area contributed by atoms with Crippen molar-refractivity contribution in [2.75, 3.05) is 40.8 Å². The molecule has 0 spiro atoms. The monoisotopic (exact) mass is 399 g/mol. The van der Waals surface area contributed by atoms with Crippen LogP contribution in [0.15, 0.2) is 52.1 Å². The van der Waals surface area contributed by atoms with Crippen LogP contribution < -0.4 is 16.0 Å². The average molecular weight is 399 g/mol. The average Bonchev–Trinajstić information content (AvgIpc) is 3.24. The quantitative estimate of drug-likeness (QED) is 0.432. The van der Waals surface area contributed by atoms with Gasteiger partial charge >= 0.3 is 0 Å². The summed E-state index contributed by atoms with van der Waals surface area (Å²) < 4.78 is 5.33. The molecule has 1 heterocycles. The summed E-state index contributed by atoms with van der Waals surface area (Å²) in [5.41, 5.74) is 1.67. The van der Waals surface area contributed by atoms with Crippen molar-refractivity contribution >= 4 is 17.8 Å². The number of guanidine groups is 1. The third-order valence-electron chi connectivity index (χ3n) is 4.24. The fourth-order valence-electron chi connectivity index (χ4n) is 2.56. The number of likely N-dealkylation sites (N-methyl/N-ethyl adjacent to an activating group) is 1. The molecule has 0 saturated carbocycles. The van der Waals surface area contributed by atoms with Crippen LogP contribution >= 0.6 is 0 Å². The van der Waals surface area contributed by atoms with Gasteiger partial charge in [-0.15, -0.1) is 0 Å². The van der Waals surface area contributed by atoms with Gasteiger partial charge in [-0.25, -0.2) is 4.99 Å². The Bertz CT molecular complexity index is 815. The van der Waals surface area contributed by atoms with Gasteiger partial charge in [0.2, 0.25) is 5.91 Å². The van der Waals surface area contributed by atoms with Crippen LogP contribution in [0.4, 0.5) is 0 Å². The molecule has 8 heteroatoms. The van der Waals surface area contributed by atoms with E-state index in [1.165, 1.54) is 4.90 Å². The van der Waals surface area contributed by atoms with Crippen LogP contribution in [0.2, 0.25) is 0 Å². The highest BCUT2D eigenvalue weighted by atomic mass is 16.3. The summed E-state index contributed by atoms with van der Waals surface area (Å²) in [6.07, 6.45) is 3.07. The second-order valence-corrected chi connectivity index (χ2v) is 6.67. The summed E-state index contributed by atoms with van der Waals surface area (Å²) in [4.78, 5) is 29.5. The number of rotatable bonds is 9. The summed E-state index contributed by atoms with van der Waals surface area (Å²) in [5.74, 6) is 1.26. The number of nitrogens with zero attached hydrogens (tertiary/aromatic N) is 2. The smallest absolute Gasteiger partial charge is 0.251 e. The molecule has 0 radical (unpaired) electrons. The van der Waals surface area contributed by atoms with Gasteiger partial charge in [0.05, 0.1) is 6.26 Å². The predicted octanol–water partition coefficient (Wildman–Crippen LogP) is 1.05. The second kappa shape index (κ2) is 11.5. The van der Waals surface area contributed by atoms with Crippen molar-refractivity contribution in [3.05, 3.63) is 59.5 Å². The summed E-state index contributed by atoms with van der Waals surface area (Å²) in [5, 5.41) is 9.09. The Kier molecular flexibility index (Phi) is 8.75. The van der Waals surface area contributed by atoms with Gasteiger partial charge in [0.25, 0.3) is 5.91 Å². The van der Waals surface area contributed by atoms with Gasteiger partial charge in [0, 0.05) is 46.2 Å². The molecule has 0 aliphatic rings. The standard InChI is InChI=1S/C21H29N5O3/c1-22-20(28)17-7-4-6-16(14-17)9-11-23-21(25-15-19(27)26(2)3)24-12-10-18-8-5-13-29-18/h4-8,13-14H,9-12,15H2,1-3H3,(H,22,28)(H2,23,24,25). The molecule has 156 valence electrons. The highest BCUT2D eigenvalue weighted by Gasteiger charge is 2.06. The third kappa shape index (κ3) is 7.69. The lowest BCUT2D eigenvalue weighted by atomic mass is 10.1. The topological polar surface area (TPSA) is 99.0 Å². The zero-order chi connectivity index (χ0) is 21.1. The lowest BCUT2D eigenvalue weighted by Gasteiger charge is -2.14. The SMILES string of the molecule is CNC(=O)c1cccc(CCNC(=NCC(=O)N(C)C)NCCc2ccco2)c1. The van der Waals surface area contributed by atoms with Gasteiger partial charge in [-0.2, -0.15) is 0 Å². The van der Waals surface area contributed by atoms with Gasteiger partial charge in [-0.05, 0) is 36.2 Å². The maximum atomic E-state index is 11.8. The molecule has 0 unspecified atom stereocenters. The molecule has 2 amide bonds. The van der Waals surface area contributed by atoms with Gasteiger partial charge < -0.3 is 25.3 Å². The van der Waals surface area contributed by atoms with Crippen LogP contribution in [0.25, 0.3) is 0 Å². The van der Waals surface area contributed by atoms with E-state index in [4.69, 9.17) is 4.42 Å². The molecule has 8 nitrogen and oxygen atoms in total. The highest BCUT2D eigenvalue weighted by molar-refractivity contribution is 5.94. The normalized spacial score (nSPS) is 11.1. The Labute approximate surface area is 171 Å². The number of furan rings is 1. The Morgan fingerprint density at radius 1 is 1.07 bits per heavy atom. The van der Waals surface area contributed by atoms with Gasteiger partial charge in [-0.1, -0.05) is 12.1 Å². The number of hydrogen-bond acceptors (Lipinski definition) is 4. The van der Waals surface area contributed by atoms with Crippen LogP contribution in [0.5, 0.6) is 0 Å². The van der Waals surface area contributed by atoms with Crippen LogP contribution in [-0.2, 0) is 17.6 Å². The lowest BCUT2D eigenvalue weighted by molar-refractivity contribution is -0.127. The Balaban J connectivity index is 1.90. The largest absolute Gasteiger partial charge is 0.469 e. The highest BCUT2D eigenvalue weighted by Crippen LogP contribution is 2.05. The first kappa shape index (κ1) is 22.0. The Morgan fingerprint density at radius 3 is 2.48 bits per heavy atom. The van der Waals surface area contributed by atoms with E-state index in [2.05, 4.69) is 20.9 Å². The molecular weight excluding hydrogens is 370 g/mol. The molecule has 0 aliphatic carbocycles. The number of nitrogens with one attached hydrogen (secondary N) is 3. The lowest BCUT2D eigenvalue weighted by Crippen LogP contribution is -2.40. The van der Waals surface area contributed by atoms with Crippen LogP contribution in [0.1, 0.15) is 21.7 Å². The van der Waals surface area contributed by atoms with E-state index < -0.39 is 0 Å². The molecule has 0 saturated heterocycles.